The van der Waals surface area contributed by atoms with Crippen LogP contribution in [-0.2, 0) is 13.6 Å². The van der Waals surface area contributed by atoms with Gasteiger partial charge in [-0.3, -0.25) is 9.48 Å². The Morgan fingerprint density at radius 1 is 1.53 bits per heavy atom. The summed E-state index contributed by atoms with van der Waals surface area (Å²) in [6, 6.07) is 3.45. The van der Waals surface area contributed by atoms with E-state index in [1.165, 1.54) is 0 Å². The lowest BCUT2D eigenvalue weighted by Crippen LogP contribution is -2.26. The number of nitrogens with one attached hydrogen (secondary N) is 1. The summed E-state index contributed by atoms with van der Waals surface area (Å²) >= 11 is 0. The zero-order chi connectivity index (χ0) is 13.8. The van der Waals surface area contributed by atoms with Crippen molar-refractivity contribution in [3.05, 3.63) is 41.9 Å². The van der Waals surface area contributed by atoms with E-state index in [-0.39, 0.29) is 5.91 Å². The molecule has 0 aromatic carbocycles. The third-order valence-corrected chi connectivity index (χ3v) is 2.79. The number of aromatic nitrogens is 3. The predicted molar refractivity (Wildman–Crippen MR) is 72.8 cm³/mol. The molecule has 0 saturated heterocycles. The van der Waals surface area contributed by atoms with Crippen molar-refractivity contribution in [3.8, 4) is 0 Å². The molecule has 2 aromatic heterocycles. The lowest BCUT2D eigenvalue weighted by molar-refractivity contribution is 0.0785. The number of rotatable bonds is 4. The quantitative estimate of drug-likeness (QED) is 0.894. The van der Waals surface area contributed by atoms with Crippen molar-refractivity contribution >= 4 is 11.7 Å². The second-order valence-electron chi connectivity index (χ2n) is 4.36. The van der Waals surface area contributed by atoms with Crippen LogP contribution in [0.5, 0.6) is 0 Å². The van der Waals surface area contributed by atoms with Gasteiger partial charge in [-0.1, -0.05) is 0 Å². The van der Waals surface area contributed by atoms with Crippen LogP contribution in [0.15, 0.2) is 30.7 Å². The van der Waals surface area contributed by atoms with Crippen molar-refractivity contribution in [3.63, 3.8) is 0 Å². The molecule has 1 amide bonds. The van der Waals surface area contributed by atoms with Crippen LogP contribution in [0.4, 0.5) is 5.82 Å². The highest BCUT2D eigenvalue weighted by Crippen LogP contribution is 2.10. The van der Waals surface area contributed by atoms with Crippen molar-refractivity contribution in [2.75, 3.05) is 19.4 Å². The van der Waals surface area contributed by atoms with Gasteiger partial charge in [0.25, 0.3) is 5.91 Å². The molecule has 0 aliphatic rings. The zero-order valence-corrected chi connectivity index (χ0v) is 11.3. The molecule has 0 radical (unpaired) electrons. The van der Waals surface area contributed by atoms with Crippen molar-refractivity contribution in [1.29, 1.82) is 0 Å². The number of amides is 1. The lowest BCUT2D eigenvalue weighted by atomic mass is 10.2. The third-order valence-electron chi connectivity index (χ3n) is 2.79. The van der Waals surface area contributed by atoms with Gasteiger partial charge in [0.1, 0.15) is 5.82 Å². The molecule has 0 aliphatic carbocycles. The fraction of sp³-hybridized carbons (Fsp3) is 0.308. The fourth-order valence-corrected chi connectivity index (χ4v) is 1.82. The topological polar surface area (TPSA) is 63.1 Å². The van der Waals surface area contributed by atoms with Crippen LogP contribution < -0.4 is 5.32 Å². The highest BCUT2D eigenvalue weighted by Gasteiger charge is 2.13. The summed E-state index contributed by atoms with van der Waals surface area (Å²) in [5.74, 6) is 0.642. The molecule has 6 nitrogen and oxygen atoms in total. The molecule has 1 N–H and O–H groups in total. The maximum absolute atomic E-state index is 12.3. The molecular weight excluding hydrogens is 242 g/mol. The molecule has 100 valence electrons. The first kappa shape index (κ1) is 13.1. The lowest BCUT2D eigenvalue weighted by Gasteiger charge is -2.16. The van der Waals surface area contributed by atoms with E-state index in [9.17, 15) is 4.79 Å². The predicted octanol–water partition coefficient (Wildman–Crippen LogP) is 1.13. The Hall–Kier alpha value is -2.37. The minimum atomic E-state index is -0.0391. The molecule has 19 heavy (non-hydrogen) atoms. The van der Waals surface area contributed by atoms with Crippen LogP contribution in [0.2, 0.25) is 0 Å². The minimum absolute atomic E-state index is 0.0391. The van der Waals surface area contributed by atoms with Crippen molar-refractivity contribution in [2.45, 2.75) is 6.54 Å². The van der Waals surface area contributed by atoms with Gasteiger partial charge in [0.05, 0.1) is 6.20 Å². The number of carbonyl (C=O) groups excluding carboxylic acids is 1. The van der Waals surface area contributed by atoms with E-state index in [1.54, 1.807) is 48.2 Å². The average molecular weight is 259 g/mol. The summed E-state index contributed by atoms with van der Waals surface area (Å²) in [5, 5.41) is 7.01. The first-order chi connectivity index (χ1) is 9.10. The Balaban J connectivity index is 2.09. The van der Waals surface area contributed by atoms with E-state index in [4.69, 9.17) is 0 Å². The summed E-state index contributed by atoms with van der Waals surface area (Å²) in [6.07, 6.45) is 5.28. The first-order valence-corrected chi connectivity index (χ1v) is 5.97. The summed E-state index contributed by atoms with van der Waals surface area (Å²) in [5.41, 5.74) is 1.62. The Morgan fingerprint density at radius 3 is 2.95 bits per heavy atom. The zero-order valence-electron chi connectivity index (χ0n) is 11.3. The number of anilines is 1. The van der Waals surface area contributed by atoms with Gasteiger partial charge in [-0.25, -0.2) is 4.98 Å². The maximum Gasteiger partial charge on any atom is 0.254 e. The van der Waals surface area contributed by atoms with E-state index in [1.807, 2.05) is 13.2 Å². The van der Waals surface area contributed by atoms with E-state index in [2.05, 4.69) is 15.4 Å². The fourth-order valence-electron chi connectivity index (χ4n) is 1.82. The van der Waals surface area contributed by atoms with Gasteiger partial charge >= 0.3 is 0 Å². The SMILES string of the molecule is CNc1cc(C(=O)N(C)Cc2cnn(C)c2)ccn1. The highest BCUT2D eigenvalue weighted by molar-refractivity contribution is 5.94. The number of nitrogens with zero attached hydrogens (tertiary/aromatic N) is 4. The number of hydrogen-bond acceptors (Lipinski definition) is 4. The largest absolute Gasteiger partial charge is 0.373 e. The van der Waals surface area contributed by atoms with Crippen LogP contribution in [0.25, 0.3) is 0 Å². The minimum Gasteiger partial charge on any atom is -0.373 e. The Labute approximate surface area is 112 Å². The third kappa shape index (κ3) is 3.09. The number of carbonyl (C=O) groups is 1. The second kappa shape index (κ2) is 5.51. The van der Waals surface area contributed by atoms with Gasteiger partial charge < -0.3 is 10.2 Å². The molecule has 0 atom stereocenters. The molecule has 2 rings (SSSR count). The molecular formula is C13H17N5O. The molecule has 0 fully saturated rings. The normalized spacial score (nSPS) is 10.3. The van der Waals surface area contributed by atoms with E-state index in [0.717, 1.165) is 5.56 Å². The summed E-state index contributed by atoms with van der Waals surface area (Å²) in [7, 11) is 5.40. The summed E-state index contributed by atoms with van der Waals surface area (Å²) in [6.45, 7) is 0.532. The van der Waals surface area contributed by atoms with Gasteiger partial charge in [0, 0.05) is 51.2 Å². The van der Waals surface area contributed by atoms with Crippen molar-refractivity contribution < 1.29 is 4.79 Å². The van der Waals surface area contributed by atoms with Gasteiger partial charge in [-0.15, -0.1) is 0 Å². The number of aryl methyl sites for hydroxylation is 1. The Kier molecular flexibility index (Phi) is 3.79. The number of hydrogen-bond donors (Lipinski definition) is 1. The van der Waals surface area contributed by atoms with Gasteiger partial charge in [0.15, 0.2) is 0 Å². The monoisotopic (exact) mass is 259 g/mol. The van der Waals surface area contributed by atoms with Crippen LogP contribution in [0.1, 0.15) is 15.9 Å². The average Bonchev–Trinajstić information content (AvgIpc) is 2.83. The van der Waals surface area contributed by atoms with Crippen molar-refractivity contribution in [2.24, 2.45) is 7.05 Å². The molecule has 6 heteroatoms. The molecule has 0 unspecified atom stereocenters. The van der Waals surface area contributed by atoms with Crippen LogP contribution in [0, 0.1) is 0 Å². The molecule has 0 aliphatic heterocycles. The van der Waals surface area contributed by atoms with Crippen molar-refractivity contribution in [1.82, 2.24) is 19.7 Å². The van der Waals surface area contributed by atoms with Crippen LogP contribution in [-0.4, -0.2) is 39.7 Å². The summed E-state index contributed by atoms with van der Waals surface area (Å²) in [4.78, 5) is 18.0. The molecule has 2 heterocycles. The Morgan fingerprint density at radius 2 is 2.32 bits per heavy atom. The van der Waals surface area contributed by atoms with E-state index in [0.29, 0.717) is 17.9 Å². The molecule has 0 bridgehead atoms. The maximum atomic E-state index is 12.3. The van der Waals surface area contributed by atoms with E-state index < -0.39 is 0 Å². The van der Waals surface area contributed by atoms with Crippen LogP contribution in [0.3, 0.4) is 0 Å². The molecule has 0 saturated carbocycles. The van der Waals surface area contributed by atoms with Crippen LogP contribution >= 0.6 is 0 Å². The molecule has 0 spiro atoms. The van der Waals surface area contributed by atoms with Gasteiger partial charge in [-0.2, -0.15) is 5.10 Å². The molecule has 2 aromatic rings. The standard InChI is InChI=1S/C13H17N5O/c1-14-12-6-11(4-5-15-12)13(19)17(2)8-10-7-16-18(3)9-10/h4-7,9H,8H2,1-3H3,(H,14,15). The van der Waals surface area contributed by atoms with Gasteiger partial charge in [-0.05, 0) is 12.1 Å². The Bertz CT molecular complexity index is 578. The highest BCUT2D eigenvalue weighted by atomic mass is 16.2. The smallest absolute Gasteiger partial charge is 0.254 e. The first-order valence-electron chi connectivity index (χ1n) is 5.97. The second-order valence-corrected chi connectivity index (χ2v) is 4.36. The number of pyridine rings is 1. The summed E-state index contributed by atoms with van der Waals surface area (Å²) < 4.78 is 1.72. The van der Waals surface area contributed by atoms with Gasteiger partial charge in [0.2, 0.25) is 0 Å². The van der Waals surface area contributed by atoms with E-state index >= 15 is 0 Å².